The highest BCUT2D eigenvalue weighted by Gasteiger charge is 2.05. The van der Waals surface area contributed by atoms with Crippen molar-refractivity contribution in [1.82, 2.24) is 9.78 Å². The third kappa shape index (κ3) is 3.21. The predicted octanol–water partition coefficient (Wildman–Crippen LogP) is 2.28. The molecule has 2 rings (SSSR count). The summed E-state index contributed by atoms with van der Waals surface area (Å²) in [6, 6.07) is 7.30. The second-order valence-electron chi connectivity index (χ2n) is 3.75. The zero-order valence-electron chi connectivity index (χ0n) is 9.64. The average Bonchev–Trinajstić information content (AvgIpc) is 2.82. The minimum Gasteiger partial charge on any atom is -0.389 e. The minimum absolute atomic E-state index is 0.355. The molecule has 2 aromatic rings. The van der Waals surface area contributed by atoms with Gasteiger partial charge in [0, 0.05) is 35.2 Å². The molecule has 0 bridgehead atoms. The number of nitrogens with one attached hydrogen (secondary N) is 1. The fourth-order valence-corrected chi connectivity index (χ4v) is 1.97. The van der Waals surface area contributed by atoms with E-state index in [1.54, 1.807) is 12.3 Å². The first kappa shape index (κ1) is 12.9. The Morgan fingerprint density at radius 3 is 3.00 bits per heavy atom. The number of hydrogen-bond donors (Lipinski definition) is 2. The van der Waals surface area contributed by atoms with Gasteiger partial charge >= 0.3 is 0 Å². The standard InChI is InChI=1S/C12H13ClN4S/c13-9-2-3-10(12(14)18)11(8-9)15-5-7-17-6-1-4-16-17/h1-4,6,8,15H,5,7H2,(H2,14,18). The lowest BCUT2D eigenvalue weighted by molar-refractivity contribution is 0.638. The van der Waals surface area contributed by atoms with Crippen molar-refractivity contribution in [1.29, 1.82) is 0 Å². The van der Waals surface area contributed by atoms with Crippen LogP contribution in [0.4, 0.5) is 5.69 Å². The van der Waals surface area contributed by atoms with Crippen LogP contribution in [-0.4, -0.2) is 21.3 Å². The Hall–Kier alpha value is -1.59. The van der Waals surface area contributed by atoms with E-state index in [4.69, 9.17) is 29.6 Å². The average molecular weight is 281 g/mol. The maximum atomic E-state index is 5.96. The number of anilines is 1. The molecule has 94 valence electrons. The van der Waals surface area contributed by atoms with Crippen molar-refractivity contribution in [3.05, 3.63) is 47.2 Å². The number of benzene rings is 1. The summed E-state index contributed by atoms with van der Waals surface area (Å²) in [6.45, 7) is 1.48. The molecule has 0 saturated carbocycles. The van der Waals surface area contributed by atoms with E-state index in [0.29, 0.717) is 10.0 Å². The highest BCUT2D eigenvalue weighted by Crippen LogP contribution is 2.20. The van der Waals surface area contributed by atoms with Gasteiger partial charge in [-0.05, 0) is 24.3 Å². The molecule has 0 aliphatic rings. The number of rotatable bonds is 5. The molecule has 6 heteroatoms. The Kier molecular flexibility index (Phi) is 4.17. The number of halogens is 1. The van der Waals surface area contributed by atoms with Crippen molar-refractivity contribution in [2.45, 2.75) is 6.54 Å². The number of nitrogens with two attached hydrogens (primary N) is 1. The summed E-state index contributed by atoms with van der Waals surface area (Å²) in [5.41, 5.74) is 7.31. The summed E-state index contributed by atoms with van der Waals surface area (Å²) in [6.07, 6.45) is 3.66. The molecule has 1 aromatic heterocycles. The second-order valence-corrected chi connectivity index (χ2v) is 4.63. The Bertz CT molecular complexity index is 539. The molecule has 0 unspecified atom stereocenters. The smallest absolute Gasteiger partial charge is 0.106 e. The number of hydrogen-bond acceptors (Lipinski definition) is 3. The first-order chi connectivity index (χ1) is 8.66. The monoisotopic (exact) mass is 280 g/mol. The lowest BCUT2D eigenvalue weighted by Gasteiger charge is -2.11. The van der Waals surface area contributed by atoms with E-state index in [2.05, 4.69) is 10.4 Å². The molecule has 0 atom stereocenters. The maximum absolute atomic E-state index is 5.96. The van der Waals surface area contributed by atoms with Crippen molar-refractivity contribution >= 4 is 34.5 Å². The van der Waals surface area contributed by atoms with Gasteiger partial charge in [-0.25, -0.2) is 0 Å². The molecule has 0 saturated heterocycles. The summed E-state index contributed by atoms with van der Waals surface area (Å²) >= 11 is 11.0. The molecule has 0 radical (unpaired) electrons. The quantitative estimate of drug-likeness (QED) is 0.825. The van der Waals surface area contributed by atoms with Gasteiger partial charge < -0.3 is 11.1 Å². The van der Waals surface area contributed by atoms with Gasteiger partial charge in [0.1, 0.15) is 4.99 Å². The Balaban J connectivity index is 2.03. The van der Waals surface area contributed by atoms with Gasteiger partial charge in [-0.15, -0.1) is 0 Å². The second kappa shape index (κ2) is 5.84. The molecule has 0 aliphatic heterocycles. The van der Waals surface area contributed by atoms with Crippen LogP contribution in [0.5, 0.6) is 0 Å². The largest absolute Gasteiger partial charge is 0.389 e. The topological polar surface area (TPSA) is 55.9 Å². The van der Waals surface area contributed by atoms with Gasteiger partial charge in [0.15, 0.2) is 0 Å². The van der Waals surface area contributed by atoms with Crippen LogP contribution in [0.25, 0.3) is 0 Å². The van der Waals surface area contributed by atoms with Crippen LogP contribution in [0.15, 0.2) is 36.7 Å². The summed E-state index contributed by atoms with van der Waals surface area (Å²) < 4.78 is 1.85. The van der Waals surface area contributed by atoms with E-state index in [9.17, 15) is 0 Å². The number of aromatic nitrogens is 2. The van der Waals surface area contributed by atoms with Gasteiger partial charge in [-0.3, -0.25) is 4.68 Å². The SMILES string of the molecule is NC(=S)c1ccc(Cl)cc1NCCn1cccn1. The van der Waals surface area contributed by atoms with Crippen LogP contribution in [-0.2, 0) is 6.54 Å². The highest BCUT2D eigenvalue weighted by atomic mass is 35.5. The first-order valence-electron chi connectivity index (χ1n) is 5.47. The van der Waals surface area contributed by atoms with Crippen LogP contribution in [0.3, 0.4) is 0 Å². The molecule has 4 nitrogen and oxygen atoms in total. The molecule has 3 N–H and O–H groups in total. The van der Waals surface area contributed by atoms with Crippen LogP contribution in [0.1, 0.15) is 5.56 Å². The first-order valence-corrected chi connectivity index (χ1v) is 6.26. The van der Waals surface area contributed by atoms with E-state index in [-0.39, 0.29) is 0 Å². The number of nitrogens with zero attached hydrogens (tertiary/aromatic N) is 2. The van der Waals surface area contributed by atoms with Gasteiger partial charge in [0.2, 0.25) is 0 Å². The third-order valence-electron chi connectivity index (χ3n) is 2.46. The van der Waals surface area contributed by atoms with Crippen LogP contribution >= 0.6 is 23.8 Å². The Labute approximate surface area is 116 Å². The van der Waals surface area contributed by atoms with Crippen molar-refractivity contribution in [3.8, 4) is 0 Å². The lowest BCUT2D eigenvalue weighted by Crippen LogP contribution is -2.16. The highest BCUT2D eigenvalue weighted by molar-refractivity contribution is 7.80. The van der Waals surface area contributed by atoms with Gasteiger partial charge in [-0.1, -0.05) is 23.8 Å². The Morgan fingerprint density at radius 1 is 1.50 bits per heavy atom. The summed E-state index contributed by atoms with van der Waals surface area (Å²) in [4.78, 5) is 0.355. The van der Waals surface area contributed by atoms with E-state index in [0.717, 1.165) is 24.3 Å². The zero-order valence-corrected chi connectivity index (χ0v) is 11.2. The fraction of sp³-hybridized carbons (Fsp3) is 0.167. The van der Waals surface area contributed by atoms with E-state index in [1.165, 1.54) is 0 Å². The van der Waals surface area contributed by atoms with Crippen molar-refractivity contribution in [2.75, 3.05) is 11.9 Å². The van der Waals surface area contributed by atoms with Crippen molar-refractivity contribution in [3.63, 3.8) is 0 Å². The molecular weight excluding hydrogens is 268 g/mol. The Morgan fingerprint density at radius 2 is 2.33 bits per heavy atom. The zero-order chi connectivity index (χ0) is 13.0. The van der Waals surface area contributed by atoms with Gasteiger partial charge in [0.05, 0.1) is 6.54 Å². The summed E-state index contributed by atoms with van der Waals surface area (Å²) in [7, 11) is 0. The van der Waals surface area contributed by atoms with Crippen LogP contribution < -0.4 is 11.1 Å². The molecule has 0 fully saturated rings. The predicted molar refractivity (Wildman–Crippen MR) is 78.1 cm³/mol. The molecular formula is C12H13ClN4S. The van der Waals surface area contributed by atoms with Crippen molar-refractivity contribution < 1.29 is 0 Å². The third-order valence-corrected chi connectivity index (χ3v) is 2.92. The molecule has 0 aliphatic carbocycles. The molecule has 1 heterocycles. The number of thiocarbonyl (C=S) groups is 1. The molecule has 0 amide bonds. The van der Waals surface area contributed by atoms with Crippen LogP contribution in [0, 0.1) is 0 Å². The normalized spacial score (nSPS) is 10.3. The van der Waals surface area contributed by atoms with Crippen molar-refractivity contribution in [2.24, 2.45) is 5.73 Å². The van der Waals surface area contributed by atoms with Gasteiger partial charge in [-0.2, -0.15) is 5.10 Å². The van der Waals surface area contributed by atoms with E-state index < -0.39 is 0 Å². The van der Waals surface area contributed by atoms with Crippen LogP contribution in [0.2, 0.25) is 5.02 Å². The lowest BCUT2D eigenvalue weighted by atomic mass is 10.2. The van der Waals surface area contributed by atoms with E-state index >= 15 is 0 Å². The fourth-order valence-electron chi connectivity index (χ4n) is 1.62. The summed E-state index contributed by atoms with van der Waals surface area (Å²) in [5, 5.41) is 8.03. The minimum atomic E-state index is 0.355. The molecule has 1 aromatic carbocycles. The molecule has 0 spiro atoms. The summed E-state index contributed by atoms with van der Waals surface area (Å²) in [5.74, 6) is 0. The molecule has 18 heavy (non-hydrogen) atoms. The van der Waals surface area contributed by atoms with Gasteiger partial charge in [0.25, 0.3) is 0 Å². The maximum Gasteiger partial charge on any atom is 0.106 e. The van der Waals surface area contributed by atoms with E-state index in [1.807, 2.05) is 29.1 Å².